The Morgan fingerprint density at radius 1 is 0.957 bits per heavy atom. The third-order valence-electron chi connectivity index (χ3n) is 3.94. The van der Waals surface area contributed by atoms with Gasteiger partial charge in [-0.05, 0) is 6.92 Å². The highest BCUT2D eigenvalue weighted by Crippen LogP contribution is 2.33. The topological polar surface area (TPSA) is 34.9 Å². The third kappa shape index (κ3) is 3.09. The molecule has 0 amide bonds. The summed E-state index contributed by atoms with van der Waals surface area (Å²) in [6, 6.07) is 20.6. The van der Waals surface area contributed by atoms with Crippen molar-refractivity contribution in [3.05, 3.63) is 66.5 Å². The van der Waals surface area contributed by atoms with Crippen LogP contribution in [0.5, 0.6) is 0 Å². The van der Waals surface area contributed by atoms with Crippen LogP contribution in [0, 0.1) is 0 Å². The van der Waals surface area contributed by atoms with Gasteiger partial charge in [0.15, 0.2) is 0 Å². The second kappa shape index (κ2) is 7.05. The van der Waals surface area contributed by atoms with E-state index in [-0.39, 0.29) is 0 Å². The second-order valence-electron chi connectivity index (χ2n) is 5.41. The Bertz CT molecular complexity index is 776. The molecule has 116 valence electrons. The normalized spacial score (nSPS) is 10.7. The van der Waals surface area contributed by atoms with Gasteiger partial charge in [0, 0.05) is 30.5 Å². The van der Waals surface area contributed by atoms with E-state index in [1.807, 2.05) is 36.4 Å². The van der Waals surface area contributed by atoms with E-state index in [1.54, 1.807) is 0 Å². The van der Waals surface area contributed by atoms with E-state index in [0.717, 1.165) is 41.2 Å². The Hall–Kier alpha value is -2.68. The molecule has 1 heterocycles. The molecule has 0 N–H and O–H groups in total. The fourth-order valence-corrected chi connectivity index (χ4v) is 2.90. The van der Waals surface area contributed by atoms with E-state index in [0.29, 0.717) is 12.8 Å². The summed E-state index contributed by atoms with van der Waals surface area (Å²) in [6.07, 6.45) is 2.13. The van der Waals surface area contributed by atoms with Gasteiger partial charge in [-0.3, -0.25) is 0 Å². The predicted molar refractivity (Wildman–Crippen MR) is 93.2 cm³/mol. The number of benzene rings is 2. The first-order valence-electron chi connectivity index (χ1n) is 7.99. The van der Waals surface area contributed by atoms with Crippen LogP contribution in [0.4, 0.5) is 0 Å². The number of aldehydes is 1. The van der Waals surface area contributed by atoms with Crippen LogP contribution in [0.3, 0.4) is 0 Å². The van der Waals surface area contributed by atoms with E-state index < -0.39 is 0 Å². The second-order valence-corrected chi connectivity index (χ2v) is 5.41. The first kappa shape index (κ1) is 15.2. The molecule has 0 saturated heterocycles. The summed E-state index contributed by atoms with van der Waals surface area (Å²) in [5, 5.41) is 0. The number of carbonyl (C=O) groups is 1. The molecular weight excluding hydrogens is 284 g/mol. The van der Waals surface area contributed by atoms with Crippen LogP contribution in [0.1, 0.15) is 19.2 Å². The zero-order valence-corrected chi connectivity index (χ0v) is 13.3. The SMILES string of the molecule is CCn1c(CCC=O)nc(-c2ccccc2)c1-c1ccccc1. The standard InChI is InChI=1S/C20H20N2O/c1-2-22-18(14-9-15-23)21-19(16-10-5-3-6-11-16)20(22)17-12-7-4-8-13-17/h3-8,10-13,15H,2,9,14H2,1H3. The molecule has 0 aliphatic rings. The van der Waals surface area contributed by atoms with Crippen LogP contribution in [0.2, 0.25) is 0 Å². The lowest BCUT2D eigenvalue weighted by molar-refractivity contribution is -0.107. The summed E-state index contributed by atoms with van der Waals surface area (Å²) < 4.78 is 2.22. The molecule has 0 spiro atoms. The summed E-state index contributed by atoms with van der Waals surface area (Å²) in [5.41, 5.74) is 4.36. The minimum atomic E-state index is 0.499. The molecule has 0 unspecified atom stereocenters. The molecule has 0 atom stereocenters. The van der Waals surface area contributed by atoms with Gasteiger partial charge in [-0.25, -0.2) is 4.98 Å². The molecule has 3 nitrogen and oxygen atoms in total. The average molecular weight is 304 g/mol. The van der Waals surface area contributed by atoms with Crippen molar-refractivity contribution in [2.45, 2.75) is 26.3 Å². The van der Waals surface area contributed by atoms with E-state index in [4.69, 9.17) is 4.98 Å². The molecule has 0 aliphatic carbocycles. The summed E-state index contributed by atoms with van der Waals surface area (Å²) >= 11 is 0. The molecule has 0 bridgehead atoms. The van der Waals surface area contributed by atoms with Gasteiger partial charge in [0.05, 0.1) is 11.4 Å². The monoisotopic (exact) mass is 304 g/mol. The fraction of sp³-hybridized carbons (Fsp3) is 0.200. The molecule has 0 aliphatic heterocycles. The fourth-order valence-electron chi connectivity index (χ4n) is 2.90. The van der Waals surface area contributed by atoms with Crippen LogP contribution in [-0.4, -0.2) is 15.8 Å². The van der Waals surface area contributed by atoms with Crippen molar-refractivity contribution in [3.63, 3.8) is 0 Å². The average Bonchev–Trinajstić information content (AvgIpc) is 3.00. The molecule has 0 fully saturated rings. The lowest BCUT2D eigenvalue weighted by Gasteiger charge is -2.10. The van der Waals surface area contributed by atoms with E-state index in [9.17, 15) is 4.79 Å². The van der Waals surface area contributed by atoms with Crippen LogP contribution in [0.25, 0.3) is 22.5 Å². The number of carbonyl (C=O) groups excluding carboxylic acids is 1. The first-order chi connectivity index (χ1) is 11.3. The molecule has 0 saturated carbocycles. The Balaban J connectivity index is 2.21. The first-order valence-corrected chi connectivity index (χ1v) is 7.99. The van der Waals surface area contributed by atoms with Gasteiger partial charge in [0.25, 0.3) is 0 Å². The summed E-state index contributed by atoms with van der Waals surface area (Å²) in [5.74, 6) is 0.970. The predicted octanol–water partition coefficient (Wildman–Crippen LogP) is 4.37. The van der Waals surface area contributed by atoms with Crippen LogP contribution in [-0.2, 0) is 17.8 Å². The number of hydrogen-bond donors (Lipinski definition) is 0. The van der Waals surface area contributed by atoms with Crippen LogP contribution >= 0.6 is 0 Å². The number of imidazole rings is 1. The van der Waals surface area contributed by atoms with Crippen molar-refractivity contribution in [1.82, 2.24) is 9.55 Å². The molecule has 23 heavy (non-hydrogen) atoms. The molecule has 3 rings (SSSR count). The Labute approximate surface area is 136 Å². The maximum atomic E-state index is 10.8. The van der Waals surface area contributed by atoms with Crippen molar-refractivity contribution >= 4 is 6.29 Å². The Morgan fingerprint density at radius 3 is 2.13 bits per heavy atom. The largest absolute Gasteiger partial charge is 0.328 e. The number of aromatic nitrogens is 2. The van der Waals surface area contributed by atoms with Crippen molar-refractivity contribution < 1.29 is 4.79 Å². The lowest BCUT2D eigenvalue weighted by atomic mass is 10.0. The van der Waals surface area contributed by atoms with Gasteiger partial charge in [0.1, 0.15) is 12.1 Å². The van der Waals surface area contributed by atoms with Crippen molar-refractivity contribution in [2.24, 2.45) is 0 Å². The van der Waals surface area contributed by atoms with Gasteiger partial charge in [-0.2, -0.15) is 0 Å². The minimum absolute atomic E-state index is 0.499. The zero-order chi connectivity index (χ0) is 16.1. The number of nitrogens with zero attached hydrogens (tertiary/aromatic N) is 2. The number of rotatable bonds is 6. The Kier molecular flexibility index (Phi) is 4.67. The molecule has 3 aromatic rings. The summed E-state index contributed by atoms with van der Waals surface area (Å²) in [4.78, 5) is 15.6. The highest BCUT2D eigenvalue weighted by molar-refractivity contribution is 5.79. The smallest absolute Gasteiger partial charge is 0.120 e. The third-order valence-corrected chi connectivity index (χ3v) is 3.94. The van der Waals surface area contributed by atoms with Crippen LogP contribution < -0.4 is 0 Å². The van der Waals surface area contributed by atoms with E-state index in [1.165, 1.54) is 0 Å². The summed E-state index contributed by atoms with van der Waals surface area (Å²) in [7, 11) is 0. The van der Waals surface area contributed by atoms with Gasteiger partial charge in [-0.15, -0.1) is 0 Å². The van der Waals surface area contributed by atoms with Crippen LogP contribution in [0.15, 0.2) is 60.7 Å². The summed E-state index contributed by atoms with van der Waals surface area (Å²) in [6.45, 7) is 2.95. The van der Waals surface area contributed by atoms with Gasteiger partial charge in [-0.1, -0.05) is 60.7 Å². The number of hydrogen-bond acceptors (Lipinski definition) is 2. The zero-order valence-electron chi connectivity index (χ0n) is 13.3. The minimum Gasteiger partial charge on any atom is -0.328 e. The molecule has 0 radical (unpaired) electrons. The molecular formula is C20H20N2O. The quantitative estimate of drug-likeness (QED) is 0.634. The number of aryl methyl sites for hydroxylation is 1. The maximum absolute atomic E-state index is 10.8. The van der Waals surface area contributed by atoms with E-state index in [2.05, 4.69) is 35.8 Å². The van der Waals surface area contributed by atoms with Crippen molar-refractivity contribution in [3.8, 4) is 22.5 Å². The molecule has 1 aromatic heterocycles. The highest BCUT2D eigenvalue weighted by atomic mass is 16.1. The molecule has 3 heteroatoms. The molecule has 2 aromatic carbocycles. The van der Waals surface area contributed by atoms with Crippen molar-refractivity contribution in [2.75, 3.05) is 0 Å². The lowest BCUT2D eigenvalue weighted by Crippen LogP contribution is -2.04. The van der Waals surface area contributed by atoms with E-state index >= 15 is 0 Å². The van der Waals surface area contributed by atoms with Gasteiger partial charge >= 0.3 is 0 Å². The maximum Gasteiger partial charge on any atom is 0.120 e. The van der Waals surface area contributed by atoms with Gasteiger partial charge in [0.2, 0.25) is 0 Å². The Morgan fingerprint density at radius 2 is 1.57 bits per heavy atom. The van der Waals surface area contributed by atoms with Crippen molar-refractivity contribution in [1.29, 1.82) is 0 Å². The highest BCUT2D eigenvalue weighted by Gasteiger charge is 2.18. The van der Waals surface area contributed by atoms with Gasteiger partial charge < -0.3 is 9.36 Å².